The average molecular weight is 516 g/mol. The van der Waals surface area contributed by atoms with Crippen LogP contribution in [0.25, 0.3) is 0 Å². The number of carbonyl (C=O) groups excluding carboxylic acids is 2. The Morgan fingerprint density at radius 1 is 1.06 bits per heavy atom. The number of ether oxygens (including phenoxy) is 2. The Kier molecular flexibility index (Phi) is 6.72. The van der Waals surface area contributed by atoms with E-state index in [1.165, 1.54) is 6.07 Å². The number of nitrogens with one attached hydrogen (secondary N) is 3. The molecule has 1 spiro atoms. The molecule has 1 aromatic carbocycles. The third-order valence-corrected chi connectivity index (χ3v) is 7.75. The molecule has 3 saturated heterocycles. The monoisotopic (exact) mass is 515 g/mol. The summed E-state index contributed by atoms with van der Waals surface area (Å²) in [6.07, 6.45) is -1.28. The maximum atomic E-state index is 13.8. The normalized spacial score (nSPS) is 27.4. The van der Waals surface area contributed by atoms with Crippen molar-refractivity contribution in [3.8, 4) is 5.75 Å². The molecule has 3 aliphatic heterocycles. The summed E-state index contributed by atoms with van der Waals surface area (Å²) in [5.74, 6) is -1.89. The third kappa shape index (κ3) is 5.37. The van der Waals surface area contributed by atoms with Gasteiger partial charge in [-0.25, -0.2) is 20.0 Å². The molecule has 3 unspecified atom stereocenters. The number of amides is 2. The molecule has 1 aromatic rings. The molecule has 0 bridgehead atoms. The predicted molar refractivity (Wildman–Crippen MR) is 117 cm³/mol. The van der Waals surface area contributed by atoms with Gasteiger partial charge < -0.3 is 19.3 Å². The van der Waals surface area contributed by atoms with Gasteiger partial charge in [-0.05, 0) is 49.8 Å². The van der Waals surface area contributed by atoms with Gasteiger partial charge in [-0.3, -0.25) is 4.79 Å². The van der Waals surface area contributed by atoms with Crippen molar-refractivity contribution in [2.45, 2.75) is 57.2 Å². The summed E-state index contributed by atoms with van der Waals surface area (Å²) in [6.45, 7) is 2.12. The lowest BCUT2D eigenvalue weighted by Crippen LogP contribution is -2.62. The second-order valence-corrected chi connectivity index (χ2v) is 10.2. The number of alkyl halides is 3. The Morgan fingerprint density at radius 2 is 1.78 bits per heavy atom. The van der Waals surface area contributed by atoms with Crippen LogP contribution >= 0.6 is 0 Å². The van der Waals surface area contributed by atoms with E-state index in [1.807, 2.05) is 4.90 Å². The van der Waals surface area contributed by atoms with E-state index in [1.54, 1.807) is 4.90 Å². The summed E-state index contributed by atoms with van der Waals surface area (Å²) in [4.78, 5) is 28.9. The number of hydrazine groups is 2. The van der Waals surface area contributed by atoms with E-state index >= 15 is 0 Å². The van der Waals surface area contributed by atoms with Gasteiger partial charge >= 0.3 is 12.5 Å². The molecular weight excluding hydrogens is 486 g/mol. The Hall–Kier alpha value is -2.64. The van der Waals surface area contributed by atoms with Crippen molar-refractivity contribution in [1.82, 2.24) is 26.2 Å². The number of hydrogen-bond donors (Lipinski definition) is 3. The number of hydrogen-bond acceptors (Lipinski definition) is 7. The minimum absolute atomic E-state index is 0.0290. The van der Waals surface area contributed by atoms with Crippen LogP contribution in [0.1, 0.15) is 37.7 Å². The van der Waals surface area contributed by atoms with Crippen molar-refractivity contribution in [3.05, 3.63) is 29.6 Å². The molecule has 2 amide bonds. The van der Waals surface area contributed by atoms with Crippen LogP contribution in [0.4, 0.5) is 22.4 Å². The van der Waals surface area contributed by atoms with Gasteiger partial charge in [0.15, 0.2) is 11.6 Å². The number of piperidine rings is 1. The smallest absolute Gasteiger partial charge is 0.445 e. The van der Waals surface area contributed by atoms with E-state index in [9.17, 15) is 27.2 Å². The zero-order chi connectivity index (χ0) is 25.5. The Bertz CT molecular complexity index is 993. The molecule has 1 aliphatic carbocycles. The zero-order valence-electron chi connectivity index (χ0n) is 19.6. The lowest BCUT2D eigenvalue weighted by Gasteiger charge is -2.53. The first-order chi connectivity index (χ1) is 17.1. The second-order valence-electron chi connectivity index (χ2n) is 10.2. The van der Waals surface area contributed by atoms with Crippen molar-refractivity contribution < 1.29 is 36.6 Å². The third-order valence-electron chi connectivity index (χ3n) is 7.75. The fourth-order valence-electron chi connectivity index (χ4n) is 5.70. The van der Waals surface area contributed by atoms with Gasteiger partial charge in [0.25, 0.3) is 0 Å². The summed E-state index contributed by atoms with van der Waals surface area (Å²) < 4.78 is 59.4. The Morgan fingerprint density at radius 3 is 2.47 bits per heavy atom. The molecule has 13 heteroatoms. The highest BCUT2D eigenvalue weighted by Crippen LogP contribution is 2.41. The minimum atomic E-state index is -4.99. The molecule has 5 rings (SSSR count). The first-order valence-electron chi connectivity index (χ1n) is 12.1. The maximum Gasteiger partial charge on any atom is 0.573 e. The van der Waals surface area contributed by atoms with Gasteiger partial charge in [0.2, 0.25) is 5.91 Å². The number of fused-ring (bicyclic) bond motifs is 1. The van der Waals surface area contributed by atoms with Crippen LogP contribution in [-0.2, 0) is 16.1 Å². The van der Waals surface area contributed by atoms with Gasteiger partial charge in [-0.2, -0.15) is 5.53 Å². The molecule has 3 atom stereocenters. The number of benzene rings is 1. The first kappa shape index (κ1) is 25.0. The maximum absolute atomic E-state index is 13.8. The molecule has 9 nitrogen and oxygen atoms in total. The molecule has 1 saturated carbocycles. The molecule has 3 N–H and O–H groups in total. The highest BCUT2D eigenvalue weighted by atomic mass is 19.4. The van der Waals surface area contributed by atoms with E-state index in [2.05, 4.69) is 21.1 Å². The fourth-order valence-corrected chi connectivity index (χ4v) is 5.70. The van der Waals surface area contributed by atoms with Crippen LogP contribution in [-0.4, -0.2) is 66.4 Å². The van der Waals surface area contributed by atoms with Crippen LogP contribution in [0.5, 0.6) is 5.75 Å². The van der Waals surface area contributed by atoms with Gasteiger partial charge in [-0.1, -0.05) is 6.07 Å². The van der Waals surface area contributed by atoms with E-state index in [0.717, 1.165) is 44.2 Å². The van der Waals surface area contributed by atoms with Crippen molar-refractivity contribution in [1.29, 1.82) is 0 Å². The predicted octanol–water partition coefficient (Wildman–Crippen LogP) is 2.43. The zero-order valence-corrected chi connectivity index (χ0v) is 19.6. The van der Waals surface area contributed by atoms with Crippen LogP contribution in [0.3, 0.4) is 0 Å². The lowest BCUT2D eigenvalue weighted by atomic mass is 9.72. The number of rotatable bonds is 4. The van der Waals surface area contributed by atoms with E-state index in [0.29, 0.717) is 32.2 Å². The quantitative estimate of drug-likeness (QED) is 0.531. The Balaban J connectivity index is 1.04. The molecule has 4 fully saturated rings. The minimum Gasteiger partial charge on any atom is -0.445 e. The lowest BCUT2D eigenvalue weighted by molar-refractivity contribution is -0.275. The number of nitrogens with zero attached hydrogens (tertiary/aromatic N) is 2. The fraction of sp³-hybridized carbons (Fsp3) is 0.652. The van der Waals surface area contributed by atoms with E-state index < -0.39 is 24.0 Å². The largest absolute Gasteiger partial charge is 0.573 e. The number of halogens is 4. The molecule has 36 heavy (non-hydrogen) atoms. The molecule has 3 heterocycles. The molecule has 198 valence electrons. The molecule has 4 aliphatic rings. The summed E-state index contributed by atoms with van der Waals surface area (Å²) in [6, 6.07) is 3.54. The highest BCUT2D eigenvalue weighted by Gasteiger charge is 2.48. The first-order valence-corrected chi connectivity index (χ1v) is 12.1. The van der Waals surface area contributed by atoms with Gasteiger partial charge in [0, 0.05) is 49.6 Å². The molecule has 0 aromatic heterocycles. The van der Waals surface area contributed by atoms with Gasteiger partial charge in [0.05, 0.1) is 0 Å². The van der Waals surface area contributed by atoms with Crippen molar-refractivity contribution in [2.24, 2.45) is 11.3 Å². The molecule has 0 radical (unpaired) electrons. The SMILES string of the molecule is O=C(OCc1ccc(OC(F)(F)F)c(F)c1)N1CC2(CCN(C(=O)C3CCC4NNNC4C3)CC2)C1. The Labute approximate surface area is 205 Å². The topological polar surface area (TPSA) is 95.2 Å². The van der Waals surface area contributed by atoms with Crippen LogP contribution < -0.4 is 21.1 Å². The van der Waals surface area contributed by atoms with Crippen molar-refractivity contribution in [2.75, 3.05) is 26.2 Å². The average Bonchev–Trinajstić information content (AvgIpc) is 3.29. The van der Waals surface area contributed by atoms with Gasteiger partial charge in [0.1, 0.15) is 6.61 Å². The second kappa shape index (κ2) is 9.67. The van der Waals surface area contributed by atoms with Crippen molar-refractivity contribution >= 4 is 12.0 Å². The molecular formula is C23H29F4N5O4. The highest BCUT2D eigenvalue weighted by molar-refractivity contribution is 5.79. The van der Waals surface area contributed by atoms with Crippen LogP contribution in [0.15, 0.2) is 18.2 Å². The van der Waals surface area contributed by atoms with Crippen LogP contribution in [0.2, 0.25) is 0 Å². The summed E-state index contributed by atoms with van der Waals surface area (Å²) in [7, 11) is 0. The number of carbonyl (C=O) groups is 2. The summed E-state index contributed by atoms with van der Waals surface area (Å²) >= 11 is 0. The van der Waals surface area contributed by atoms with E-state index in [4.69, 9.17) is 4.74 Å². The van der Waals surface area contributed by atoms with Crippen molar-refractivity contribution in [3.63, 3.8) is 0 Å². The summed E-state index contributed by atoms with van der Waals surface area (Å²) in [5, 5.41) is 0. The van der Waals surface area contributed by atoms with E-state index in [-0.39, 0.29) is 35.5 Å². The standard InChI is InChI=1S/C23H29F4N5O4/c24-16-9-14(1-4-19(16)36-23(25,26)27)11-35-21(34)32-12-22(13-32)5-7-31(8-6-22)20(33)15-2-3-17-18(10-15)29-30-28-17/h1,4,9,15,17-18,28-30H,2-3,5-8,10-13H2. The van der Waals surface area contributed by atoms with Gasteiger partial charge in [-0.15, -0.1) is 13.2 Å². The summed E-state index contributed by atoms with van der Waals surface area (Å²) in [5.41, 5.74) is 9.49. The number of likely N-dealkylation sites (tertiary alicyclic amines) is 2. The van der Waals surface area contributed by atoms with Crippen LogP contribution in [0, 0.1) is 17.2 Å².